The predicted octanol–water partition coefficient (Wildman–Crippen LogP) is 2.64. The van der Waals surface area contributed by atoms with Gasteiger partial charge in [-0.05, 0) is 6.07 Å². The van der Waals surface area contributed by atoms with E-state index in [2.05, 4.69) is 4.98 Å². The van der Waals surface area contributed by atoms with Crippen LogP contribution in [0.15, 0.2) is 6.07 Å². The number of pyridine rings is 1. The first kappa shape index (κ1) is 12.8. The van der Waals surface area contributed by atoms with Crippen LogP contribution >= 0.6 is 0 Å². The van der Waals surface area contributed by atoms with Crippen LogP contribution in [0.5, 0.6) is 0 Å². The number of rotatable bonds is 2. The number of nitrogens with zero attached hydrogens (tertiary/aromatic N) is 1. The van der Waals surface area contributed by atoms with Crippen LogP contribution in [0.4, 0.5) is 26.3 Å². The number of alkyl halides is 5. The predicted molar refractivity (Wildman–Crippen MR) is 42.0 cm³/mol. The van der Waals surface area contributed by atoms with Gasteiger partial charge in [-0.15, -0.1) is 0 Å². The van der Waals surface area contributed by atoms with Crippen molar-refractivity contribution < 1.29 is 26.3 Å². The fourth-order valence-electron chi connectivity index (χ4n) is 1.08. The highest BCUT2D eigenvalue weighted by Gasteiger charge is 2.37. The van der Waals surface area contributed by atoms with Crippen molar-refractivity contribution in [3.8, 4) is 0 Å². The first-order valence-electron chi connectivity index (χ1n) is 4.02. The Kier molecular flexibility index (Phi) is 3.41. The third kappa shape index (κ3) is 2.43. The third-order valence-electron chi connectivity index (χ3n) is 1.78. The summed E-state index contributed by atoms with van der Waals surface area (Å²) in [4.78, 5) is 2.89. The Morgan fingerprint density at radius 1 is 1.31 bits per heavy atom. The molecular formula is C8H6F6N2. The fraction of sp³-hybridized carbons (Fsp3) is 0.375. The number of hydrogen-bond acceptors (Lipinski definition) is 2. The van der Waals surface area contributed by atoms with Gasteiger partial charge in [0, 0.05) is 6.54 Å². The lowest BCUT2D eigenvalue weighted by atomic mass is 10.1. The molecule has 2 nitrogen and oxygen atoms in total. The van der Waals surface area contributed by atoms with Gasteiger partial charge >= 0.3 is 6.18 Å². The normalized spacial score (nSPS) is 12.2. The van der Waals surface area contributed by atoms with E-state index in [-0.39, 0.29) is 6.07 Å². The molecule has 0 aliphatic rings. The van der Waals surface area contributed by atoms with Crippen molar-refractivity contribution in [3.63, 3.8) is 0 Å². The monoisotopic (exact) mass is 244 g/mol. The Bertz CT molecular complexity index is 387. The number of nitrogens with two attached hydrogens (primary N) is 1. The summed E-state index contributed by atoms with van der Waals surface area (Å²) in [6.07, 6.45) is -8.52. The Hall–Kier alpha value is -1.31. The van der Waals surface area contributed by atoms with E-state index in [0.29, 0.717) is 0 Å². The molecule has 1 heterocycles. The highest BCUT2D eigenvalue weighted by Crippen LogP contribution is 2.36. The highest BCUT2D eigenvalue weighted by molar-refractivity contribution is 5.28. The van der Waals surface area contributed by atoms with Crippen molar-refractivity contribution in [1.29, 1.82) is 0 Å². The van der Waals surface area contributed by atoms with Crippen molar-refractivity contribution >= 4 is 0 Å². The van der Waals surface area contributed by atoms with Gasteiger partial charge in [0.05, 0.1) is 11.3 Å². The van der Waals surface area contributed by atoms with Gasteiger partial charge in [-0.2, -0.15) is 13.2 Å². The molecule has 16 heavy (non-hydrogen) atoms. The average Bonchev–Trinajstić information content (AvgIpc) is 2.15. The van der Waals surface area contributed by atoms with Crippen LogP contribution in [-0.2, 0) is 12.7 Å². The van der Waals surface area contributed by atoms with Crippen molar-refractivity contribution in [1.82, 2.24) is 4.98 Å². The summed E-state index contributed by atoms with van der Waals surface area (Å²) < 4.78 is 74.3. The van der Waals surface area contributed by atoms with Crippen molar-refractivity contribution in [2.75, 3.05) is 0 Å². The molecule has 90 valence electrons. The Morgan fingerprint density at radius 3 is 2.25 bits per heavy atom. The molecule has 0 fully saturated rings. The number of halogens is 6. The first-order chi connectivity index (χ1) is 7.27. The summed E-state index contributed by atoms with van der Waals surface area (Å²) in [6.45, 7) is -0.552. The molecule has 0 unspecified atom stereocenters. The molecule has 0 aliphatic carbocycles. The summed E-state index contributed by atoms with van der Waals surface area (Å²) in [6, 6.07) is -0.0172. The van der Waals surface area contributed by atoms with E-state index >= 15 is 0 Å². The van der Waals surface area contributed by atoms with E-state index in [0.717, 1.165) is 0 Å². The van der Waals surface area contributed by atoms with Crippen LogP contribution in [0, 0.1) is 5.82 Å². The van der Waals surface area contributed by atoms with Crippen LogP contribution in [0.3, 0.4) is 0 Å². The van der Waals surface area contributed by atoms with E-state index in [4.69, 9.17) is 5.73 Å². The highest BCUT2D eigenvalue weighted by atomic mass is 19.4. The molecule has 0 saturated carbocycles. The topological polar surface area (TPSA) is 38.9 Å². The standard InChI is InChI=1S/C8H6F6N2/c9-4-1-3(8(12,13)14)6(7(10)11)16-5(4)2-15/h1,7H,2,15H2. The molecule has 0 aliphatic heterocycles. The summed E-state index contributed by atoms with van der Waals surface area (Å²) in [5.74, 6) is -1.35. The smallest absolute Gasteiger partial charge is 0.325 e. The maximum atomic E-state index is 12.9. The molecule has 0 atom stereocenters. The lowest BCUT2D eigenvalue weighted by Crippen LogP contribution is -2.15. The quantitative estimate of drug-likeness (QED) is 0.812. The largest absolute Gasteiger partial charge is 0.418 e. The molecular weight excluding hydrogens is 238 g/mol. The lowest BCUT2D eigenvalue weighted by Gasteiger charge is -2.13. The Balaban J connectivity index is 3.42. The molecule has 1 aromatic heterocycles. The maximum Gasteiger partial charge on any atom is 0.418 e. The molecule has 0 amide bonds. The Labute approximate surface area is 86.1 Å². The van der Waals surface area contributed by atoms with E-state index < -0.39 is 41.9 Å². The van der Waals surface area contributed by atoms with E-state index in [1.54, 1.807) is 0 Å². The van der Waals surface area contributed by atoms with Crippen LogP contribution < -0.4 is 5.73 Å². The van der Waals surface area contributed by atoms with Crippen LogP contribution in [-0.4, -0.2) is 4.98 Å². The zero-order valence-corrected chi connectivity index (χ0v) is 7.65. The Morgan fingerprint density at radius 2 is 1.88 bits per heavy atom. The summed E-state index contributed by atoms with van der Waals surface area (Å²) in [5, 5.41) is 0. The maximum absolute atomic E-state index is 12.9. The minimum Gasteiger partial charge on any atom is -0.325 e. The molecule has 1 rings (SSSR count). The average molecular weight is 244 g/mol. The molecule has 0 bridgehead atoms. The van der Waals surface area contributed by atoms with E-state index in [1.807, 2.05) is 0 Å². The summed E-state index contributed by atoms with van der Waals surface area (Å²) >= 11 is 0. The van der Waals surface area contributed by atoms with Gasteiger partial charge in [0.2, 0.25) is 0 Å². The van der Waals surface area contributed by atoms with Gasteiger partial charge in [-0.1, -0.05) is 0 Å². The van der Waals surface area contributed by atoms with Crippen molar-refractivity contribution in [2.45, 2.75) is 19.1 Å². The zero-order chi connectivity index (χ0) is 12.5. The molecule has 2 N–H and O–H groups in total. The van der Waals surface area contributed by atoms with Crippen LogP contribution in [0.1, 0.15) is 23.4 Å². The van der Waals surface area contributed by atoms with Gasteiger partial charge in [0.1, 0.15) is 11.5 Å². The third-order valence-corrected chi connectivity index (χ3v) is 1.78. The second-order valence-electron chi connectivity index (χ2n) is 2.85. The van der Waals surface area contributed by atoms with Gasteiger partial charge < -0.3 is 5.73 Å². The molecule has 1 aromatic rings. The van der Waals surface area contributed by atoms with E-state index in [9.17, 15) is 26.3 Å². The summed E-state index contributed by atoms with van der Waals surface area (Å²) in [5.41, 5.74) is 1.04. The van der Waals surface area contributed by atoms with Gasteiger partial charge in [-0.25, -0.2) is 18.2 Å². The molecule has 0 radical (unpaired) electrons. The number of aromatic nitrogens is 1. The molecule has 8 heteroatoms. The van der Waals surface area contributed by atoms with Gasteiger partial charge in [-0.3, -0.25) is 0 Å². The molecule has 0 aromatic carbocycles. The summed E-state index contributed by atoms with van der Waals surface area (Å²) in [7, 11) is 0. The van der Waals surface area contributed by atoms with Gasteiger partial charge in [0.15, 0.2) is 0 Å². The molecule has 0 spiro atoms. The lowest BCUT2D eigenvalue weighted by molar-refractivity contribution is -0.140. The van der Waals surface area contributed by atoms with Crippen molar-refractivity contribution in [2.24, 2.45) is 5.73 Å². The van der Waals surface area contributed by atoms with Crippen LogP contribution in [0.2, 0.25) is 0 Å². The second kappa shape index (κ2) is 4.28. The van der Waals surface area contributed by atoms with E-state index in [1.165, 1.54) is 0 Å². The number of hydrogen-bond donors (Lipinski definition) is 1. The first-order valence-corrected chi connectivity index (χ1v) is 4.02. The van der Waals surface area contributed by atoms with Crippen molar-refractivity contribution in [3.05, 3.63) is 28.8 Å². The SMILES string of the molecule is NCc1nc(C(F)F)c(C(F)(F)F)cc1F. The second-order valence-corrected chi connectivity index (χ2v) is 2.85. The van der Waals surface area contributed by atoms with Gasteiger partial charge in [0.25, 0.3) is 6.43 Å². The minimum atomic E-state index is -5.08. The zero-order valence-electron chi connectivity index (χ0n) is 7.65. The van der Waals surface area contributed by atoms with Crippen LogP contribution in [0.25, 0.3) is 0 Å². The molecule has 0 saturated heterocycles. The fourth-order valence-corrected chi connectivity index (χ4v) is 1.08. The minimum absolute atomic E-state index is 0.0172.